The Morgan fingerprint density at radius 1 is 1.32 bits per heavy atom. The van der Waals surface area contributed by atoms with Gasteiger partial charge in [0, 0.05) is 40.2 Å². The highest BCUT2D eigenvalue weighted by Gasteiger charge is 2.06. The van der Waals surface area contributed by atoms with E-state index in [9.17, 15) is 9.90 Å². The smallest absolute Gasteiger partial charge is 0.223 e. The SMILES string of the molecule is CCCCCCOCC(O)CNCCC(=O)N(C)C. The van der Waals surface area contributed by atoms with E-state index in [1.54, 1.807) is 19.0 Å². The standard InChI is InChI=1S/C14H30N2O3/c1-4-5-6-7-10-19-12-13(17)11-15-9-8-14(18)16(2)3/h13,15,17H,4-12H2,1-3H3. The van der Waals surface area contributed by atoms with E-state index in [2.05, 4.69) is 12.2 Å². The molecule has 1 atom stereocenters. The van der Waals surface area contributed by atoms with Crippen LogP contribution in [-0.4, -0.2) is 62.4 Å². The van der Waals surface area contributed by atoms with Crippen LogP contribution in [0.2, 0.25) is 0 Å². The van der Waals surface area contributed by atoms with E-state index in [1.165, 1.54) is 19.3 Å². The van der Waals surface area contributed by atoms with Gasteiger partial charge in [-0.2, -0.15) is 0 Å². The molecule has 0 radical (unpaired) electrons. The monoisotopic (exact) mass is 274 g/mol. The average Bonchev–Trinajstić information content (AvgIpc) is 2.38. The summed E-state index contributed by atoms with van der Waals surface area (Å²) in [6.07, 6.45) is 4.67. The van der Waals surface area contributed by atoms with Crippen molar-refractivity contribution in [1.29, 1.82) is 0 Å². The normalized spacial score (nSPS) is 12.4. The number of hydrogen-bond acceptors (Lipinski definition) is 4. The average molecular weight is 274 g/mol. The van der Waals surface area contributed by atoms with Crippen molar-refractivity contribution in [2.75, 3.05) is 40.4 Å². The highest BCUT2D eigenvalue weighted by atomic mass is 16.5. The molecule has 114 valence electrons. The van der Waals surface area contributed by atoms with Crippen LogP contribution in [0.15, 0.2) is 0 Å². The zero-order valence-corrected chi connectivity index (χ0v) is 12.7. The van der Waals surface area contributed by atoms with E-state index in [0.29, 0.717) is 26.1 Å². The number of unbranched alkanes of at least 4 members (excludes halogenated alkanes) is 3. The van der Waals surface area contributed by atoms with E-state index in [-0.39, 0.29) is 5.91 Å². The molecule has 0 aromatic heterocycles. The molecule has 0 fully saturated rings. The molecule has 1 unspecified atom stereocenters. The minimum atomic E-state index is -0.499. The number of aliphatic hydroxyl groups excluding tert-OH is 1. The van der Waals surface area contributed by atoms with Gasteiger partial charge in [0.15, 0.2) is 0 Å². The highest BCUT2D eigenvalue weighted by Crippen LogP contribution is 1.99. The summed E-state index contributed by atoms with van der Waals surface area (Å²) in [4.78, 5) is 12.9. The predicted molar refractivity (Wildman–Crippen MR) is 77.1 cm³/mol. The number of carbonyl (C=O) groups excluding carboxylic acids is 1. The van der Waals surface area contributed by atoms with Crippen LogP contribution >= 0.6 is 0 Å². The largest absolute Gasteiger partial charge is 0.389 e. The Hall–Kier alpha value is -0.650. The number of nitrogens with one attached hydrogen (secondary N) is 1. The lowest BCUT2D eigenvalue weighted by atomic mass is 10.2. The molecule has 5 heteroatoms. The van der Waals surface area contributed by atoms with Gasteiger partial charge in [-0.05, 0) is 6.42 Å². The highest BCUT2D eigenvalue weighted by molar-refractivity contribution is 5.75. The lowest BCUT2D eigenvalue weighted by Crippen LogP contribution is -2.33. The van der Waals surface area contributed by atoms with Crippen LogP contribution in [0, 0.1) is 0 Å². The lowest BCUT2D eigenvalue weighted by molar-refractivity contribution is -0.128. The van der Waals surface area contributed by atoms with Gasteiger partial charge in [0.25, 0.3) is 0 Å². The van der Waals surface area contributed by atoms with Crippen molar-refractivity contribution in [3.63, 3.8) is 0 Å². The Morgan fingerprint density at radius 3 is 2.68 bits per heavy atom. The first-order valence-corrected chi connectivity index (χ1v) is 7.24. The molecule has 0 heterocycles. The molecule has 0 aliphatic rings. The number of amides is 1. The van der Waals surface area contributed by atoms with Gasteiger partial charge in [0.1, 0.15) is 0 Å². The second-order valence-electron chi connectivity index (χ2n) is 5.03. The van der Waals surface area contributed by atoms with Gasteiger partial charge in [-0.1, -0.05) is 26.2 Å². The molecule has 19 heavy (non-hydrogen) atoms. The number of hydrogen-bond donors (Lipinski definition) is 2. The molecule has 1 amide bonds. The van der Waals surface area contributed by atoms with Gasteiger partial charge in [-0.15, -0.1) is 0 Å². The fourth-order valence-corrected chi connectivity index (χ4v) is 1.60. The van der Waals surface area contributed by atoms with Gasteiger partial charge in [0.05, 0.1) is 12.7 Å². The second kappa shape index (κ2) is 12.4. The maximum Gasteiger partial charge on any atom is 0.223 e. The van der Waals surface area contributed by atoms with E-state index >= 15 is 0 Å². The van der Waals surface area contributed by atoms with Crippen molar-refractivity contribution in [2.24, 2.45) is 0 Å². The summed E-state index contributed by atoms with van der Waals surface area (Å²) < 4.78 is 5.39. The first-order chi connectivity index (χ1) is 9.07. The molecule has 0 bridgehead atoms. The topological polar surface area (TPSA) is 61.8 Å². The van der Waals surface area contributed by atoms with Gasteiger partial charge < -0.3 is 20.1 Å². The molecule has 5 nitrogen and oxygen atoms in total. The van der Waals surface area contributed by atoms with Crippen LogP contribution in [0.3, 0.4) is 0 Å². The minimum Gasteiger partial charge on any atom is -0.389 e. The molecule has 0 saturated carbocycles. The van der Waals surface area contributed by atoms with Crippen molar-refractivity contribution in [3.05, 3.63) is 0 Å². The number of rotatable bonds is 12. The first kappa shape index (κ1) is 18.4. The summed E-state index contributed by atoms with van der Waals surface area (Å²) in [5.41, 5.74) is 0. The molecule has 0 aromatic rings. The Labute approximate surface area is 117 Å². The van der Waals surface area contributed by atoms with Crippen LogP contribution in [0.4, 0.5) is 0 Å². The predicted octanol–water partition coefficient (Wildman–Crippen LogP) is 1.01. The molecule has 0 aliphatic heterocycles. The summed E-state index contributed by atoms with van der Waals surface area (Å²) in [6, 6.07) is 0. The maximum absolute atomic E-state index is 11.3. The number of nitrogens with zero attached hydrogens (tertiary/aromatic N) is 1. The van der Waals surface area contributed by atoms with Crippen molar-refractivity contribution in [3.8, 4) is 0 Å². The van der Waals surface area contributed by atoms with E-state index < -0.39 is 6.10 Å². The molecule has 0 saturated heterocycles. The third-order valence-electron chi connectivity index (χ3n) is 2.85. The molecule has 0 spiro atoms. The van der Waals surface area contributed by atoms with Crippen molar-refractivity contribution >= 4 is 5.91 Å². The quantitative estimate of drug-likeness (QED) is 0.522. The Balaban J connectivity index is 3.30. The fraction of sp³-hybridized carbons (Fsp3) is 0.929. The van der Waals surface area contributed by atoms with Crippen molar-refractivity contribution < 1.29 is 14.6 Å². The summed E-state index contributed by atoms with van der Waals surface area (Å²) in [6.45, 7) is 4.31. The lowest BCUT2D eigenvalue weighted by Gasteiger charge is -2.13. The summed E-state index contributed by atoms with van der Waals surface area (Å²) in [5.74, 6) is 0.0918. The Kier molecular flexibility index (Phi) is 12.0. The second-order valence-corrected chi connectivity index (χ2v) is 5.03. The molecular weight excluding hydrogens is 244 g/mol. The van der Waals surface area contributed by atoms with Crippen LogP contribution in [0.25, 0.3) is 0 Å². The summed E-state index contributed by atoms with van der Waals surface area (Å²) >= 11 is 0. The van der Waals surface area contributed by atoms with E-state index in [0.717, 1.165) is 13.0 Å². The first-order valence-electron chi connectivity index (χ1n) is 7.24. The number of aliphatic hydroxyl groups is 1. The number of carbonyl (C=O) groups is 1. The van der Waals surface area contributed by atoms with Gasteiger partial charge in [0.2, 0.25) is 5.91 Å². The molecule has 0 aromatic carbocycles. The minimum absolute atomic E-state index is 0.0918. The van der Waals surface area contributed by atoms with Crippen molar-refractivity contribution in [2.45, 2.75) is 45.1 Å². The van der Waals surface area contributed by atoms with Crippen LogP contribution in [-0.2, 0) is 9.53 Å². The molecular formula is C14H30N2O3. The van der Waals surface area contributed by atoms with Gasteiger partial charge >= 0.3 is 0 Å². The van der Waals surface area contributed by atoms with Crippen LogP contribution in [0.5, 0.6) is 0 Å². The molecule has 0 rings (SSSR count). The molecule has 2 N–H and O–H groups in total. The Morgan fingerprint density at radius 2 is 2.05 bits per heavy atom. The van der Waals surface area contributed by atoms with Gasteiger partial charge in [-0.3, -0.25) is 4.79 Å². The zero-order chi connectivity index (χ0) is 14.5. The van der Waals surface area contributed by atoms with Gasteiger partial charge in [-0.25, -0.2) is 0 Å². The zero-order valence-electron chi connectivity index (χ0n) is 12.7. The number of ether oxygens (including phenoxy) is 1. The Bertz CT molecular complexity index is 223. The fourth-order valence-electron chi connectivity index (χ4n) is 1.60. The van der Waals surface area contributed by atoms with Crippen molar-refractivity contribution in [1.82, 2.24) is 10.2 Å². The van der Waals surface area contributed by atoms with E-state index in [1.807, 2.05) is 0 Å². The summed E-state index contributed by atoms with van der Waals surface area (Å²) in [7, 11) is 3.48. The maximum atomic E-state index is 11.3. The van der Waals surface area contributed by atoms with Crippen LogP contribution in [0.1, 0.15) is 39.0 Å². The molecule has 0 aliphatic carbocycles. The van der Waals surface area contributed by atoms with E-state index in [4.69, 9.17) is 4.74 Å². The van der Waals surface area contributed by atoms with Crippen LogP contribution < -0.4 is 5.32 Å². The summed E-state index contributed by atoms with van der Waals surface area (Å²) in [5, 5.41) is 12.7. The third-order valence-corrected chi connectivity index (χ3v) is 2.85. The third kappa shape index (κ3) is 12.1.